The molecule has 0 aliphatic carbocycles. The first kappa shape index (κ1) is 11.3. The van der Waals surface area contributed by atoms with E-state index in [0.717, 1.165) is 0 Å². The molecule has 0 spiro atoms. The van der Waals surface area contributed by atoms with Crippen molar-refractivity contribution in [1.82, 2.24) is 0 Å². The second-order valence-corrected chi connectivity index (χ2v) is 8.36. The number of rotatable bonds is 1. The monoisotopic (exact) mass is 295 g/mol. The maximum atomic E-state index is 10.8. The van der Waals surface area contributed by atoms with Crippen LogP contribution in [0.4, 0.5) is 0 Å². The van der Waals surface area contributed by atoms with Crippen molar-refractivity contribution in [2.45, 2.75) is 0 Å². The van der Waals surface area contributed by atoms with Crippen molar-refractivity contribution in [2.24, 2.45) is 0 Å². The average molecular weight is 296 g/mol. The molecule has 0 heterocycles. The third kappa shape index (κ3) is 1.39. The quantitative estimate of drug-likeness (QED) is 0.641. The molecule has 0 aromatic heterocycles. The Labute approximate surface area is 83.6 Å². The third-order valence-corrected chi connectivity index (χ3v) is 6.45. The van der Waals surface area contributed by atoms with E-state index in [0.29, 0.717) is 0 Å². The summed E-state index contributed by atoms with van der Waals surface area (Å²) in [6.45, 7) is 0. The molecule has 15 heavy (non-hydrogen) atoms. The van der Waals surface area contributed by atoms with Crippen LogP contribution in [0.25, 0.3) is 0 Å². The second kappa shape index (κ2) is 3.75. The zero-order valence-corrected chi connectivity index (χ0v) is 8.89. The first-order valence-electron chi connectivity index (χ1n) is 3.52. The topological polar surface area (TPSA) is 68.3 Å². The van der Waals surface area contributed by atoms with Crippen LogP contribution in [-0.4, -0.2) is 17.4 Å². The molecule has 0 N–H and O–H groups in total. The van der Waals surface area contributed by atoms with E-state index in [2.05, 4.69) is 0 Å². The summed E-state index contributed by atoms with van der Waals surface area (Å²) in [7, 11) is 0. The molecule has 0 unspecified atom stereocenters. The van der Waals surface area contributed by atoms with E-state index in [4.69, 9.17) is 0 Å². The molecule has 1 rings (SSSR count). The molecule has 4 nitrogen and oxygen atoms in total. The van der Waals surface area contributed by atoms with Crippen LogP contribution in [0.3, 0.4) is 0 Å². The van der Waals surface area contributed by atoms with Gasteiger partial charge in [0.2, 0.25) is 0 Å². The van der Waals surface area contributed by atoms with Crippen molar-refractivity contribution in [3.8, 4) is 0 Å². The molecule has 0 aliphatic rings. The molecule has 79 valence electrons. The van der Waals surface area contributed by atoms with Crippen molar-refractivity contribution in [3.63, 3.8) is 0 Å². The van der Waals surface area contributed by atoms with E-state index in [1.807, 2.05) is 0 Å². The summed E-state index contributed by atoms with van der Waals surface area (Å²) in [5, 5.41) is 0. The molecule has 0 amide bonds. The van der Waals surface area contributed by atoms with Crippen LogP contribution >= 0.6 is 0 Å². The fourth-order valence-electron chi connectivity index (χ4n) is 0.842. The van der Waals surface area contributed by atoms with Crippen LogP contribution < -0.4 is 4.04 Å². The number of carbonyl (C=O) groups excluding carboxylic acids is 4. The summed E-state index contributed by atoms with van der Waals surface area (Å²) < 4.78 is 4.93. The van der Waals surface area contributed by atoms with Gasteiger partial charge in [0.05, 0.1) is 0 Å². The van der Waals surface area contributed by atoms with Crippen LogP contribution in [0.2, 0.25) is 0 Å². The van der Waals surface area contributed by atoms with Gasteiger partial charge in [0.1, 0.15) is 0 Å². The molecule has 0 fully saturated rings. The summed E-state index contributed by atoms with van der Waals surface area (Å²) in [4.78, 5) is 43.2. The first-order chi connectivity index (χ1) is 7.17. The predicted molar refractivity (Wildman–Crippen MR) is 48.9 cm³/mol. The Bertz CT molecular complexity index is 705. The van der Waals surface area contributed by atoms with E-state index >= 15 is 0 Å². The molecule has 1 aromatic rings. The summed E-state index contributed by atoms with van der Waals surface area (Å²) in [5.41, 5.74) is 0. The Morgan fingerprint density at radius 1 is 0.733 bits per heavy atom. The summed E-state index contributed by atoms with van der Waals surface area (Å²) >= 11 is -5.20. The third-order valence-electron chi connectivity index (χ3n) is 1.59. The Hall–Kier alpha value is -1.80. The molecule has 0 atom stereocenters. The first-order valence-corrected chi connectivity index (χ1v) is 7.40. The molecule has 0 bridgehead atoms. The van der Waals surface area contributed by atoms with Crippen molar-refractivity contribution in [1.29, 1.82) is 0 Å². The van der Waals surface area contributed by atoms with Gasteiger partial charge in [0.25, 0.3) is 0 Å². The fraction of sp³-hybridized carbons (Fsp3) is 0. The van der Waals surface area contributed by atoms with Crippen LogP contribution in [0.15, 0.2) is 30.3 Å². The van der Waals surface area contributed by atoms with Crippen LogP contribution in [0.5, 0.6) is 0 Å². The molecule has 5 heteroatoms. The molecular weight excluding hydrogens is 291 g/mol. The van der Waals surface area contributed by atoms with Crippen LogP contribution in [0, 0.1) is 0 Å². The van der Waals surface area contributed by atoms with Gasteiger partial charge in [-0.25, -0.2) is 0 Å². The van der Waals surface area contributed by atoms with E-state index < -0.39 is 12.5 Å². The van der Waals surface area contributed by atoms with E-state index in [1.54, 1.807) is 6.07 Å². The minimum absolute atomic E-state index is 0.0119. The van der Waals surface area contributed by atoms with Crippen LogP contribution in [-0.2, 0) is 31.7 Å². The van der Waals surface area contributed by atoms with Gasteiger partial charge >= 0.3 is 83.4 Å². The summed E-state index contributed by atoms with van der Waals surface area (Å²) in [6, 6.07) is 7.25. The van der Waals surface area contributed by atoms with Gasteiger partial charge in [0.15, 0.2) is 0 Å². The van der Waals surface area contributed by atoms with Crippen molar-refractivity contribution in [2.75, 3.05) is 0 Å². The van der Waals surface area contributed by atoms with Gasteiger partial charge in [-0.2, -0.15) is 0 Å². The van der Waals surface area contributed by atoms with E-state index in [1.165, 1.54) is 41.7 Å². The standard InChI is InChI=1S/C6H5.4CO.Pd/c1-2-4-6-5-3-1;4*1-2;/h1-5H;;;;;. The van der Waals surface area contributed by atoms with Gasteiger partial charge < -0.3 is 0 Å². The number of hydrogen-bond donors (Lipinski definition) is 0. The van der Waals surface area contributed by atoms with E-state index in [9.17, 15) is 19.2 Å². The zero-order chi connectivity index (χ0) is 11.4. The molecule has 1 aromatic carbocycles. The maximum absolute atomic E-state index is 10.8. The van der Waals surface area contributed by atoms with Crippen molar-refractivity contribution in [3.05, 3.63) is 30.3 Å². The van der Waals surface area contributed by atoms with Gasteiger partial charge in [-0.15, -0.1) is 0 Å². The van der Waals surface area contributed by atoms with Gasteiger partial charge in [-0.1, -0.05) is 0 Å². The normalized spacial score (nSPS) is 12.1. The molecule has 0 saturated carbocycles. The Kier molecular flexibility index (Phi) is 2.82. The summed E-state index contributed by atoms with van der Waals surface area (Å²) in [5.74, 6) is 0. The van der Waals surface area contributed by atoms with Gasteiger partial charge in [0, 0.05) is 0 Å². The second-order valence-electron chi connectivity index (χ2n) is 2.31. The predicted octanol–water partition coefficient (Wildman–Crippen LogP) is -0.730. The Balaban J connectivity index is 4.52. The minimum atomic E-state index is -5.20. The number of benzene rings is 1. The molecular formula is C10H5O4Pd. The zero-order valence-electron chi connectivity index (χ0n) is 7.34. The van der Waals surface area contributed by atoms with E-state index in [-0.39, 0.29) is 4.04 Å². The van der Waals surface area contributed by atoms with Gasteiger partial charge in [-0.05, 0) is 0 Å². The molecule has 0 aliphatic heterocycles. The Morgan fingerprint density at radius 2 is 1.13 bits per heavy atom. The fourth-order valence-corrected chi connectivity index (χ4v) is 3.30. The Morgan fingerprint density at radius 3 is 1.47 bits per heavy atom. The van der Waals surface area contributed by atoms with Crippen LogP contribution in [0.1, 0.15) is 0 Å². The summed E-state index contributed by atoms with van der Waals surface area (Å²) in [6.07, 6.45) is 0. The van der Waals surface area contributed by atoms with Crippen molar-refractivity contribution < 1.29 is 31.7 Å². The van der Waals surface area contributed by atoms with Gasteiger partial charge in [-0.3, -0.25) is 0 Å². The molecule has 0 radical (unpaired) electrons. The molecule has 0 saturated heterocycles. The van der Waals surface area contributed by atoms with Crippen molar-refractivity contribution >= 4 is 21.4 Å². The average Bonchev–Trinajstić information content (AvgIpc) is 2.35. The SMILES string of the molecule is O=[C]=[Pd](=[C]=O)(=[C]=O)(=[C]=O)[c]1ccccc1. The number of hydrogen-bond acceptors (Lipinski definition) is 4.